The lowest BCUT2D eigenvalue weighted by Gasteiger charge is -2.35. The van der Waals surface area contributed by atoms with Gasteiger partial charge in [-0.15, -0.1) is 0 Å². The van der Waals surface area contributed by atoms with E-state index in [9.17, 15) is 36.0 Å². The number of hydrogen-bond acceptors (Lipinski definition) is 10. The zero-order valence-electron chi connectivity index (χ0n) is 28.6. The van der Waals surface area contributed by atoms with E-state index < -0.39 is 78.6 Å². The van der Waals surface area contributed by atoms with Crippen LogP contribution in [0, 0.1) is 0 Å². The summed E-state index contributed by atoms with van der Waals surface area (Å²) in [6.45, 7) is 4.58. The molecule has 53 heavy (non-hydrogen) atoms. The fourth-order valence-corrected chi connectivity index (χ4v) is 7.77. The lowest BCUT2D eigenvalue weighted by Crippen LogP contribution is -2.58. The van der Waals surface area contributed by atoms with Gasteiger partial charge in [0.15, 0.2) is 11.3 Å². The van der Waals surface area contributed by atoms with Crippen LogP contribution in [0.5, 0.6) is 5.75 Å². The van der Waals surface area contributed by atoms with Crippen LogP contribution < -0.4 is 25.4 Å². The van der Waals surface area contributed by atoms with Crippen LogP contribution in [-0.2, 0) is 34.7 Å². The maximum Gasteiger partial charge on any atom is 0.491 e. The predicted molar refractivity (Wildman–Crippen MR) is 190 cm³/mol. The average Bonchev–Trinajstić information content (AvgIpc) is 3.37. The molecule has 2 atom stereocenters. The molecule has 0 saturated heterocycles. The minimum absolute atomic E-state index is 0.0512. The number of benzene rings is 3. The van der Waals surface area contributed by atoms with Gasteiger partial charge in [0.1, 0.15) is 6.04 Å². The van der Waals surface area contributed by atoms with Gasteiger partial charge in [-0.2, -0.15) is 13.2 Å². The summed E-state index contributed by atoms with van der Waals surface area (Å²) in [5.74, 6) is -6.05. The minimum Gasteiger partial charge on any atom is -0.468 e. The maximum absolute atomic E-state index is 15.1. The fourth-order valence-electron chi connectivity index (χ4n) is 5.84. The van der Waals surface area contributed by atoms with Gasteiger partial charge in [0.05, 0.1) is 28.3 Å². The number of fused-ring (bicyclic) bond motifs is 1. The Bertz CT molecular complexity index is 1980. The van der Waals surface area contributed by atoms with E-state index in [0.29, 0.717) is 23.8 Å². The first kappa shape index (κ1) is 41.3. The molecular weight excluding hydrogens is 766 g/mol. The third-order valence-electron chi connectivity index (χ3n) is 8.41. The molecule has 1 aliphatic heterocycles. The number of alkyl halides is 3. The van der Waals surface area contributed by atoms with Crippen molar-refractivity contribution < 1.29 is 50.2 Å². The molecule has 0 bridgehead atoms. The predicted octanol–water partition coefficient (Wildman–Crippen LogP) is 5.57. The normalized spacial score (nSPS) is 16.2. The second kappa shape index (κ2) is 16.7. The highest BCUT2D eigenvalue weighted by atomic mass is 35.5. The summed E-state index contributed by atoms with van der Waals surface area (Å²) in [5, 5.41) is 4.69. The van der Waals surface area contributed by atoms with Gasteiger partial charge in [-0.3, -0.25) is 14.9 Å². The number of sulfonamides is 1. The molecule has 286 valence electrons. The molecule has 4 N–H and O–H groups in total. The highest BCUT2D eigenvalue weighted by molar-refractivity contribution is 7.93. The van der Waals surface area contributed by atoms with Crippen molar-refractivity contribution in [3.05, 3.63) is 81.8 Å². The van der Waals surface area contributed by atoms with Gasteiger partial charge in [-0.25, -0.2) is 22.3 Å². The van der Waals surface area contributed by atoms with Crippen LogP contribution in [0.2, 0.25) is 10.0 Å². The van der Waals surface area contributed by atoms with Gasteiger partial charge in [0, 0.05) is 29.4 Å². The molecule has 3 aromatic rings. The van der Waals surface area contributed by atoms with E-state index in [0.717, 1.165) is 31.4 Å². The van der Waals surface area contributed by atoms with Crippen molar-refractivity contribution in [3.63, 3.8) is 0 Å². The van der Waals surface area contributed by atoms with Crippen molar-refractivity contribution in [2.45, 2.75) is 55.8 Å². The first-order valence-corrected chi connectivity index (χ1v) is 18.4. The lowest BCUT2D eigenvalue weighted by atomic mass is 9.82. The van der Waals surface area contributed by atoms with Crippen molar-refractivity contribution in [3.8, 4) is 5.75 Å². The van der Waals surface area contributed by atoms with E-state index in [-0.39, 0.29) is 35.7 Å². The van der Waals surface area contributed by atoms with Gasteiger partial charge < -0.3 is 25.4 Å². The summed E-state index contributed by atoms with van der Waals surface area (Å²) in [6, 6.07) is 10.4. The number of anilines is 2. The van der Waals surface area contributed by atoms with E-state index in [4.69, 9.17) is 38.4 Å². The monoisotopic (exact) mass is 801 g/mol. The zero-order valence-corrected chi connectivity index (χ0v) is 31.0. The van der Waals surface area contributed by atoms with Crippen LogP contribution in [0.25, 0.3) is 0 Å². The molecular formula is C34H36Cl2F3N5O8S. The summed E-state index contributed by atoms with van der Waals surface area (Å²) in [5.41, 5.74) is 1.77. The third-order valence-corrected chi connectivity index (χ3v) is 10.7. The summed E-state index contributed by atoms with van der Waals surface area (Å²) >= 11 is 13.0. The molecule has 1 aliphatic rings. The molecule has 0 aliphatic carbocycles. The van der Waals surface area contributed by atoms with Crippen molar-refractivity contribution >= 4 is 68.5 Å². The summed E-state index contributed by atoms with van der Waals surface area (Å²) < 4.78 is 80.2. The quantitative estimate of drug-likeness (QED) is 0.106. The Morgan fingerprint density at radius 2 is 1.62 bits per heavy atom. The first-order chi connectivity index (χ1) is 25.0. The third kappa shape index (κ3) is 8.23. The number of amides is 3. The fraction of sp³-hybridized carbons (Fsp3) is 0.353. The number of hydrogen-bond donors (Lipinski definition) is 3. The number of nitrogens with two attached hydrogens (primary N) is 1. The Balaban J connectivity index is 2.03. The van der Waals surface area contributed by atoms with Crippen LogP contribution in [0.4, 0.5) is 29.3 Å². The highest BCUT2D eigenvalue weighted by Crippen LogP contribution is 2.54. The van der Waals surface area contributed by atoms with Crippen molar-refractivity contribution in [1.29, 1.82) is 0 Å². The molecule has 13 nitrogen and oxygen atoms in total. The standard InChI is InChI=1S/C34H36Cl2F3N5O8S/c1-4-43(5-2)32(48)41-20-13-15-21(16-14-20)53(49,50)44-26-18-17-24(36)28(52-31(47)34(37,38)39)27(26)33(30(44)46,22-10-6-7-11-23(22)35)42-25(29(45)51-3)12-8-9-19-40/h6-7,10-11,13-18,25,42H,4-5,8-9,12,19,40H2,1-3H3,(H,41,48)/t25-,33?/m1/s1. The molecule has 19 heteroatoms. The number of halogens is 5. The molecule has 0 spiro atoms. The lowest BCUT2D eigenvalue weighted by molar-refractivity contribution is -0.189. The van der Waals surface area contributed by atoms with Crippen LogP contribution >= 0.6 is 23.2 Å². The van der Waals surface area contributed by atoms with Gasteiger partial charge in [0.25, 0.3) is 15.9 Å². The number of ether oxygens (including phenoxy) is 2. The Labute approximate surface area is 313 Å². The molecule has 1 unspecified atom stereocenters. The van der Waals surface area contributed by atoms with Gasteiger partial charge in [0.2, 0.25) is 0 Å². The first-order valence-electron chi connectivity index (χ1n) is 16.2. The summed E-state index contributed by atoms with van der Waals surface area (Å²) in [7, 11) is -3.93. The number of nitrogens with one attached hydrogen (secondary N) is 2. The largest absolute Gasteiger partial charge is 0.491 e. The van der Waals surface area contributed by atoms with Gasteiger partial charge in [-0.05, 0) is 75.7 Å². The Morgan fingerprint density at radius 3 is 2.19 bits per heavy atom. The van der Waals surface area contributed by atoms with Crippen LogP contribution in [0.3, 0.4) is 0 Å². The number of carbonyl (C=O) groups excluding carboxylic acids is 4. The Hall–Kier alpha value is -4.42. The zero-order chi connectivity index (χ0) is 39.3. The maximum atomic E-state index is 15.1. The molecule has 0 saturated carbocycles. The number of rotatable bonds is 14. The van der Waals surface area contributed by atoms with E-state index in [1.807, 2.05) is 0 Å². The number of methoxy groups -OCH3 is 1. The van der Waals surface area contributed by atoms with Gasteiger partial charge >= 0.3 is 24.1 Å². The average molecular weight is 803 g/mol. The molecule has 0 fully saturated rings. The molecule has 3 amide bonds. The van der Waals surface area contributed by atoms with Crippen molar-refractivity contribution in [1.82, 2.24) is 10.2 Å². The molecule has 4 rings (SSSR count). The smallest absolute Gasteiger partial charge is 0.468 e. The molecule has 1 heterocycles. The molecule has 0 aromatic heterocycles. The van der Waals surface area contributed by atoms with E-state index in [1.165, 1.54) is 41.3 Å². The molecule has 3 aromatic carbocycles. The number of nitrogens with zero attached hydrogens (tertiary/aromatic N) is 2. The second-order valence-electron chi connectivity index (χ2n) is 11.6. The minimum atomic E-state index is -5.56. The van der Waals surface area contributed by atoms with Crippen molar-refractivity contribution in [2.75, 3.05) is 36.4 Å². The highest BCUT2D eigenvalue weighted by Gasteiger charge is 2.60. The summed E-state index contributed by atoms with van der Waals surface area (Å²) in [6.07, 6.45) is -4.91. The number of unbranched alkanes of at least 4 members (excludes halogenated alkanes) is 1. The van der Waals surface area contributed by atoms with Crippen LogP contribution in [-0.4, -0.2) is 76.2 Å². The number of esters is 2. The number of carbonyl (C=O) groups is 4. The molecule has 0 radical (unpaired) electrons. The Kier molecular flexibility index (Phi) is 13.0. The number of urea groups is 1. The van der Waals surface area contributed by atoms with E-state index in [1.54, 1.807) is 13.8 Å². The van der Waals surface area contributed by atoms with Gasteiger partial charge in [-0.1, -0.05) is 47.8 Å². The van der Waals surface area contributed by atoms with E-state index in [2.05, 4.69) is 10.6 Å². The SMILES string of the molecule is CCN(CC)C(=O)Nc1ccc(S(=O)(=O)N2C(=O)C(N[C@H](CCCCN)C(=O)OC)(c3ccccc3Cl)c3c2ccc(Cl)c3OC(=O)C(F)(F)F)cc1. The van der Waals surface area contributed by atoms with Crippen molar-refractivity contribution in [2.24, 2.45) is 5.73 Å². The second-order valence-corrected chi connectivity index (χ2v) is 14.2. The van der Waals surface area contributed by atoms with Crippen LogP contribution in [0.15, 0.2) is 65.6 Å². The topological polar surface area (TPSA) is 177 Å². The van der Waals surface area contributed by atoms with E-state index >= 15 is 4.79 Å². The van der Waals surface area contributed by atoms with Crippen LogP contribution in [0.1, 0.15) is 44.2 Å². The Morgan fingerprint density at radius 1 is 0.981 bits per heavy atom. The summed E-state index contributed by atoms with van der Waals surface area (Å²) in [4.78, 5) is 54.3.